The Morgan fingerprint density at radius 1 is 1.58 bits per heavy atom. The molecule has 0 spiro atoms. The van der Waals surface area contributed by atoms with Gasteiger partial charge in [0.2, 0.25) is 0 Å². The Kier molecular flexibility index (Phi) is 2.52. The molecule has 0 aromatic carbocycles. The quantitative estimate of drug-likeness (QED) is 0.698. The molecule has 0 aliphatic carbocycles. The minimum absolute atomic E-state index is 0.158. The van der Waals surface area contributed by atoms with Gasteiger partial charge in [-0.15, -0.1) is 0 Å². The van der Waals surface area contributed by atoms with Gasteiger partial charge in [-0.1, -0.05) is 20.8 Å². The molecular formula is C9H17N3. The number of aromatic nitrogens is 2. The van der Waals surface area contributed by atoms with Gasteiger partial charge in [-0.3, -0.25) is 0 Å². The van der Waals surface area contributed by atoms with Crippen LogP contribution in [0.5, 0.6) is 0 Å². The van der Waals surface area contributed by atoms with E-state index < -0.39 is 0 Å². The zero-order valence-electron chi connectivity index (χ0n) is 7.96. The lowest BCUT2D eigenvalue weighted by Gasteiger charge is -2.26. The zero-order valence-corrected chi connectivity index (χ0v) is 7.96. The third kappa shape index (κ3) is 2.34. The lowest BCUT2D eigenvalue weighted by atomic mass is 9.85. The van der Waals surface area contributed by atoms with Gasteiger partial charge in [-0.25, -0.2) is 4.98 Å². The van der Waals surface area contributed by atoms with Crippen LogP contribution in [0.2, 0.25) is 0 Å². The number of H-pyrrole nitrogens is 1. The minimum atomic E-state index is 0.158. The fourth-order valence-electron chi connectivity index (χ4n) is 0.939. The highest BCUT2D eigenvalue weighted by molar-refractivity contribution is 4.99. The first kappa shape index (κ1) is 9.26. The fourth-order valence-corrected chi connectivity index (χ4v) is 0.939. The Morgan fingerprint density at radius 3 is 2.67 bits per heavy atom. The molecule has 1 unspecified atom stereocenters. The van der Waals surface area contributed by atoms with Crippen molar-refractivity contribution in [2.75, 3.05) is 0 Å². The Morgan fingerprint density at radius 2 is 2.25 bits per heavy atom. The zero-order chi connectivity index (χ0) is 9.19. The van der Waals surface area contributed by atoms with Gasteiger partial charge in [0, 0.05) is 24.4 Å². The number of nitrogens with zero attached hydrogens (tertiary/aromatic N) is 1. The van der Waals surface area contributed by atoms with Gasteiger partial charge in [0.15, 0.2) is 0 Å². The molecule has 1 aromatic heterocycles. The van der Waals surface area contributed by atoms with Crippen molar-refractivity contribution in [1.29, 1.82) is 0 Å². The Balaban J connectivity index is 2.53. The summed E-state index contributed by atoms with van der Waals surface area (Å²) in [5.41, 5.74) is 7.26. The lowest BCUT2D eigenvalue weighted by molar-refractivity contribution is 0.317. The number of nitrogens with two attached hydrogens (primary N) is 1. The first-order valence-electron chi connectivity index (χ1n) is 4.23. The van der Waals surface area contributed by atoms with Crippen LogP contribution >= 0.6 is 0 Å². The topological polar surface area (TPSA) is 54.7 Å². The van der Waals surface area contributed by atoms with E-state index in [9.17, 15) is 0 Å². The maximum Gasteiger partial charge on any atom is 0.0921 e. The molecule has 0 radical (unpaired) electrons. The van der Waals surface area contributed by atoms with Gasteiger partial charge in [-0.2, -0.15) is 0 Å². The molecule has 0 saturated carbocycles. The van der Waals surface area contributed by atoms with E-state index in [-0.39, 0.29) is 11.5 Å². The predicted molar refractivity (Wildman–Crippen MR) is 49.7 cm³/mol. The summed E-state index contributed by atoms with van der Waals surface area (Å²) in [6, 6.07) is 0.179. The number of nitrogens with one attached hydrogen (secondary N) is 1. The first-order valence-corrected chi connectivity index (χ1v) is 4.23. The summed E-state index contributed by atoms with van der Waals surface area (Å²) in [5.74, 6) is 0. The third-order valence-electron chi connectivity index (χ3n) is 2.11. The van der Waals surface area contributed by atoms with Crippen LogP contribution in [-0.2, 0) is 6.42 Å². The SMILES string of the molecule is CC(C)(C)C(N)Cc1cnc[nH]1. The Hall–Kier alpha value is -0.830. The van der Waals surface area contributed by atoms with Crippen LogP contribution in [0.15, 0.2) is 12.5 Å². The standard InChI is InChI=1S/C9H17N3/c1-9(2,3)8(10)4-7-5-11-6-12-7/h5-6,8H,4,10H2,1-3H3,(H,11,12). The van der Waals surface area contributed by atoms with E-state index in [2.05, 4.69) is 30.7 Å². The van der Waals surface area contributed by atoms with Gasteiger partial charge in [0.05, 0.1) is 6.33 Å². The van der Waals surface area contributed by atoms with E-state index in [0.29, 0.717) is 0 Å². The number of aromatic amines is 1. The number of hydrogen-bond donors (Lipinski definition) is 2. The maximum atomic E-state index is 5.99. The van der Waals surface area contributed by atoms with E-state index in [0.717, 1.165) is 12.1 Å². The molecule has 0 aliphatic rings. The number of rotatable bonds is 2. The summed E-state index contributed by atoms with van der Waals surface area (Å²) >= 11 is 0. The maximum absolute atomic E-state index is 5.99. The normalized spacial score (nSPS) is 14.7. The molecule has 1 heterocycles. The Bertz CT molecular complexity index is 220. The van der Waals surface area contributed by atoms with E-state index in [1.807, 2.05) is 6.20 Å². The van der Waals surface area contributed by atoms with E-state index >= 15 is 0 Å². The predicted octanol–water partition coefficient (Wildman–Crippen LogP) is 1.33. The second-order valence-electron chi connectivity index (χ2n) is 4.25. The average Bonchev–Trinajstić information content (AvgIpc) is 2.37. The van der Waals surface area contributed by atoms with Crippen LogP contribution in [0.4, 0.5) is 0 Å². The lowest BCUT2D eigenvalue weighted by Crippen LogP contribution is -2.36. The first-order chi connectivity index (χ1) is 5.50. The van der Waals surface area contributed by atoms with Crippen molar-refractivity contribution < 1.29 is 0 Å². The largest absolute Gasteiger partial charge is 0.348 e. The van der Waals surface area contributed by atoms with Gasteiger partial charge >= 0.3 is 0 Å². The summed E-state index contributed by atoms with van der Waals surface area (Å²) in [6.07, 6.45) is 4.37. The molecule has 1 aromatic rings. The molecule has 0 bridgehead atoms. The van der Waals surface area contributed by atoms with Crippen molar-refractivity contribution in [2.24, 2.45) is 11.1 Å². The molecule has 0 fully saturated rings. The van der Waals surface area contributed by atoms with Gasteiger partial charge in [0.25, 0.3) is 0 Å². The van der Waals surface area contributed by atoms with Crippen molar-refractivity contribution >= 4 is 0 Å². The van der Waals surface area contributed by atoms with E-state index in [1.165, 1.54) is 0 Å². The summed E-state index contributed by atoms with van der Waals surface area (Å²) in [5, 5.41) is 0. The van der Waals surface area contributed by atoms with Crippen LogP contribution in [-0.4, -0.2) is 16.0 Å². The van der Waals surface area contributed by atoms with Crippen LogP contribution in [0, 0.1) is 5.41 Å². The fraction of sp³-hybridized carbons (Fsp3) is 0.667. The highest BCUT2D eigenvalue weighted by Crippen LogP contribution is 2.19. The molecule has 0 aliphatic heterocycles. The second-order valence-corrected chi connectivity index (χ2v) is 4.25. The number of hydrogen-bond acceptors (Lipinski definition) is 2. The summed E-state index contributed by atoms with van der Waals surface area (Å²) < 4.78 is 0. The van der Waals surface area contributed by atoms with Crippen LogP contribution in [0.25, 0.3) is 0 Å². The van der Waals surface area contributed by atoms with Crippen molar-refractivity contribution in [3.8, 4) is 0 Å². The van der Waals surface area contributed by atoms with Gasteiger partial charge < -0.3 is 10.7 Å². The molecule has 3 N–H and O–H groups in total. The molecule has 0 amide bonds. The monoisotopic (exact) mass is 167 g/mol. The molecule has 1 atom stereocenters. The molecular weight excluding hydrogens is 150 g/mol. The third-order valence-corrected chi connectivity index (χ3v) is 2.11. The molecule has 68 valence electrons. The van der Waals surface area contributed by atoms with Crippen LogP contribution in [0.1, 0.15) is 26.5 Å². The summed E-state index contributed by atoms with van der Waals surface area (Å²) in [6.45, 7) is 6.44. The van der Waals surface area contributed by atoms with Crippen LogP contribution < -0.4 is 5.73 Å². The van der Waals surface area contributed by atoms with E-state index in [4.69, 9.17) is 5.73 Å². The van der Waals surface area contributed by atoms with E-state index in [1.54, 1.807) is 6.33 Å². The van der Waals surface area contributed by atoms with Crippen LogP contribution in [0.3, 0.4) is 0 Å². The van der Waals surface area contributed by atoms with Crippen molar-refractivity contribution in [3.63, 3.8) is 0 Å². The van der Waals surface area contributed by atoms with Crippen molar-refractivity contribution in [2.45, 2.75) is 33.2 Å². The van der Waals surface area contributed by atoms with Gasteiger partial charge in [0.1, 0.15) is 0 Å². The van der Waals surface area contributed by atoms with Gasteiger partial charge in [-0.05, 0) is 5.41 Å². The summed E-state index contributed by atoms with van der Waals surface area (Å²) in [7, 11) is 0. The second kappa shape index (κ2) is 3.27. The number of imidazole rings is 1. The smallest absolute Gasteiger partial charge is 0.0921 e. The molecule has 3 heteroatoms. The Labute approximate surface area is 73.4 Å². The molecule has 12 heavy (non-hydrogen) atoms. The summed E-state index contributed by atoms with van der Waals surface area (Å²) in [4.78, 5) is 7.00. The molecule has 1 rings (SSSR count). The molecule has 3 nitrogen and oxygen atoms in total. The van der Waals surface area contributed by atoms with Crippen molar-refractivity contribution in [1.82, 2.24) is 9.97 Å². The minimum Gasteiger partial charge on any atom is -0.348 e. The highest BCUT2D eigenvalue weighted by Gasteiger charge is 2.20. The average molecular weight is 167 g/mol. The van der Waals surface area contributed by atoms with Crippen molar-refractivity contribution in [3.05, 3.63) is 18.2 Å². The highest BCUT2D eigenvalue weighted by atomic mass is 14.9. The molecule has 0 saturated heterocycles.